The fraction of sp³-hybridized carbons (Fsp3) is 0.667. The van der Waals surface area contributed by atoms with E-state index in [4.69, 9.17) is 0 Å². The van der Waals surface area contributed by atoms with Gasteiger partial charge < -0.3 is 5.32 Å². The molecule has 1 aliphatic rings. The third kappa shape index (κ3) is 3.00. The topological polar surface area (TPSA) is 41.0 Å². The second-order valence-electron chi connectivity index (χ2n) is 4.26. The van der Waals surface area contributed by atoms with Crippen molar-refractivity contribution in [3.8, 4) is 0 Å². The molecule has 0 spiro atoms. The minimum atomic E-state index is 0.715. The molecule has 1 unspecified atom stereocenters. The lowest BCUT2D eigenvalue weighted by molar-refractivity contribution is 0.259. The van der Waals surface area contributed by atoms with Crippen LogP contribution >= 0.6 is 0 Å². The van der Waals surface area contributed by atoms with Gasteiger partial charge in [-0.2, -0.15) is 0 Å². The van der Waals surface area contributed by atoms with Crippen molar-refractivity contribution in [2.24, 2.45) is 0 Å². The van der Waals surface area contributed by atoms with E-state index >= 15 is 0 Å². The van der Waals surface area contributed by atoms with E-state index in [-0.39, 0.29) is 0 Å². The number of hydrogen-bond donors (Lipinski definition) is 1. The molecule has 88 valence electrons. The molecule has 16 heavy (non-hydrogen) atoms. The highest BCUT2D eigenvalue weighted by atomic mass is 15.2. The van der Waals surface area contributed by atoms with Gasteiger partial charge in [0.1, 0.15) is 6.33 Å². The van der Waals surface area contributed by atoms with Crippen molar-refractivity contribution in [3.63, 3.8) is 0 Å². The molecule has 4 nitrogen and oxygen atoms in total. The van der Waals surface area contributed by atoms with Crippen molar-refractivity contribution in [1.29, 1.82) is 0 Å². The van der Waals surface area contributed by atoms with Gasteiger partial charge in [0.2, 0.25) is 0 Å². The molecule has 0 aromatic carbocycles. The third-order valence-electron chi connectivity index (χ3n) is 3.23. The third-order valence-corrected chi connectivity index (χ3v) is 3.23. The highest BCUT2D eigenvalue weighted by Gasteiger charge is 2.21. The molecule has 0 amide bonds. The van der Waals surface area contributed by atoms with Gasteiger partial charge in [0, 0.05) is 25.3 Å². The highest BCUT2D eigenvalue weighted by Crippen LogP contribution is 2.15. The van der Waals surface area contributed by atoms with E-state index in [1.807, 2.05) is 6.07 Å². The van der Waals surface area contributed by atoms with E-state index < -0.39 is 0 Å². The normalized spacial score (nSPS) is 21.4. The molecule has 1 fully saturated rings. The number of nitrogens with zero attached hydrogens (tertiary/aromatic N) is 3. The van der Waals surface area contributed by atoms with Crippen molar-refractivity contribution < 1.29 is 0 Å². The SMILES string of the molecule is CCN1CCCC1CNCc1ccncn1. The van der Waals surface area contributed by atoms with Crippen LogP contribution in [-0.2, 0) is 6.54 Å². The monoisotopic (exact) mass is 220 g/mol. The lowest BCUT2D eigenvalue weighted by Gasteiger charge is -2.22. The maximum Gasteiger partial charge on any atom is 0.115 e. The number of likely N-dealkylation sites (tertiary alicyclic amines) is 1. The van der Waals surface area contributed by atoms with Crippen LogP contribution in [0, 0.1) is 0 Å². The highest BCUT2D eigenvalue weighted by molar-refractivity contribution is 4.97. The van der Waals surface area contributed by atoms with Gasteiger partial charge in [-0.3, -0.25) is 4.90 Å². The zero-order valence-electron chi connectivity index (χ0n) is 9.89. The molecule has 0 aliphatic carbocycles. The summed E-state index contributed by atoms with van der Waals surface area (Å²) in [5.41, 5.74) is 1.07. The lowest BCUT2D eigenvalue weighted by Crippen LogP contribution is -2.37. The number of hydrogen-bond acceptors (Lipinski definition) is 4. The molecule has 1 N–H and O–H groups in total. The fourth-order valence-electron chi connectivity index (χ4n) is 2.33. The van der Waals surface area contributed by atoms with Gasteiger partial charge >= 0.3 is 0 Å². The molecule has 0 bridgehead atoms. The Kier molecular flexibility index (Phi) is 4.25. The molecule has 1 aromatic rings. The number of aromatic nitrogens is 2. The molecular formula is C12H20N4. The quantitative estimate of drug-likeness (QED) is 0.805. The maximum absolute atomic E-state index is 4.19. The van der Waals surface area contributed by atoms with Crippen molar-refractivity contribution in [2.75, 3.05) is 19.6 Å². The second kappa shape index (κ2) is 5.92. The zero-order valence-corrected chi connectivity index (χ0v) is 9.89. The first kappa shape index (κ1) is 11.5. The summed E-state index contributed by atoms with van der Waals surface area (Å²) in [6.45, 7) is 6.58. The Balaban J connectivity index is 1.72. The minimum Gasteiger partial charge on any atom is -0.310 e. The van der Waals surface area contributed by atoms with Gasteiger partial charge in [0.05, 0.1) is 5.69 Å². The zero-order chi connectivity index (χ0) is 11.2. The summed E-state index contributed by atoms with van der Waals surface area (Å²) in [6.07, 6.45) is 6.06. The molecule has 0 saturated carbocycles. The molecule has 2 heterocycles. The van der Waals surface area contributed by atoms with Crippen LogP contribution in [0.25, 0.3) is 0 Å². The van der Waals surface area contributed by atoms with Crippen LogP contribution in [0.5, 0.6) is 0 Å². The Morgan fingerprint density at radius 1 is 1.56 bits per heavy atom. The van der Waals surface area contributed by atoms with Gasteiger partial charge in [-0.1, -0.05) is 6.92 Å². The minimum absolute atomic E-state index is 0.715. The Hall–Kier alpha value is -1.00. The van der Waals surface area contributed by atoms with Gasteiger partial charge in [-0.25, -0.2) is 9.97 Å². The molecule has 2 rings (SSSR count). The molecule has 0 radical (unpaired) electrons. The van der Waals surface area contributed by atoms with Crippen LogP contribution in [0.15, 0.2) is 18.6 Å². The van der Waals surface area contributed by atoms with E-state index in [0.717, 1.165) is 18.8 Å². The molecule has 4 heteroatoms. The average Bonchev–Trinajstić information content (AvgIpc) is 2.78. The van der Waals surface area contributed by atoms with Crippen molar-refractivity contribution >= 4 is 0 Å². The smallest absolute Gasteiger partial charge is 0.115 e. The molecular weight excluding hydrogens is 200 g/mol. The average molecular weight is 220 g/mol. The molecule has 1 aliphatic heterocycles. The Bertz CT molecular complexity index is 301. The van der Waals surface area contributed by atoms with Crippen LogP contribution in [0.2, 0.25) is 0 Å². The Morgan fingerprint density at radius 2 is 2.50 bits per heavy atom. The summed E-state index contributed by atoms with van der Waals surface area (Å²) in [4.78, 5) is 10.7. The molecule has 1 atom stereocenters. The number of rotatable bonds is 5. The summed E-state index contributed by atoms with van der Waals surface area (Å²) in [6, 6.07) is 2.67. The van der Waals surface area contributed by atoms with Gasteiger partial charge in [-0.05, 0) is 32.0 Å². The first-order valence-corrected chi connectivity index (χ1v) is 6.10. The van der Waals surface area contributed by atoms with Crippen molar-refractivity contribution in [2.45, 2.75) is 32.4 Å². The second-order valence-corrected chi connectivity index (χ2v) is 4.26. The van der Waals surface area contributed by atoms with E-state index in [2.05, 4.69) is 27.1 Å². The largest absolute Gasteiger partial charge is 0.310 e. The predicted octanol–water partition coefficient (Wildman–Crippen LogP) is 1.05. The maximum atomic E-state index is 4.19. The van der Waals surface area contributed by atoms with Crippen LogP contribution in [0.4, 0.5) is 0 Å². The van der Waals surface area contributed by atoms with Gasteiger partial charge in [0.25, 0.3) is 0 Å². The van der Waals surface area contributed by atoms with Crippen molar-refractivity contribution in [3.05, 3.63) is 24.3 Å². The van der Waals surface area contributed by atoms with Crippen LogP contribution in [0.3, 0.4) is 0 Å². The standard InChI is InChI=1S/C12H20N4/c1-2-16-7-3-4-12(16)9-14-8-11-5-6-13-10-15-11/h5-6,10,12,14H,2-4,7-9H2,1H3. The van der Waals surface area contributed by atoms with E-state index in [0.29, 0.717) is 6.04 Å². The lowest BCUT2D eigenvalue weighted by atomic mass is 10.2. The van der Waals surface area contributed by atoms with Crippen LogP contribution in [-0.4, -0.2) is 40.5 Å². The molecule has 1 saturated heterocycles. The van der Waals surface area contributed by atoms with Gasteiger partial charge in [0.15, 0.2) is 0 Å². The van der Waals surface area contributed by atoms with Crippen molar-refractivity contribution in [1.82, 2.24) is 20.2 Å². The summed E-state index contributed by atoms with van der Waals surface area (Å²) in [5.74, 6) is 0. The summed E-state index contributed by atoms with van der Waals surface area (Å²) < 4.78 is 0. The molecule has 1 aromatic heterocycles. The number of likely N-dealkylation sites (N-methyl/N-ethyl adjacent to an activating group) is 1. The van der Waals surface area contributed by atoms with Crippen LogP contribution in [0.1, 0.15) is 25.5 Å². The summed E-state index contributed by atoms with van der Waals surface area (Å²) in [5, 5.41) is 3.48. The van der Waals surface area contributed by atoms with E-state index in [1.54, 1.807) is 12.5 Å². The number of nitrogens with one attached hydrogen (secondary N) is 1. The Labute approximate surface area is 97.1 Å². The van der Waals surface area contributed by atoms with E-state index in [1.165, 1.54) is 25.9 Å². The first-order chi connectivity index (χ1) is 7.90. The Morgan fingerprint density at radius 3 is 3.25 bits per heavy atom. The van der Waals surface area contributed by atoms with Gasteiger partial charge in [-0.15, -0.1) is 0 Å². The summed E-state index contributed by atoms with van der Waals surface area (Å²) in [7, 11) is 0. The first-order valence-electron chi connectivity index (χ1n) is 6.10. The fourth-order valence-corrected chi connectivity index (χ4v) is 2.33. The predicted molar refractivity (Wildman–Crippen MR) is 64.0 cm³/mol. The summed E-state index contributed by atoms with van der Waals surface area (Å²) >= 11 is 0. The van der Waals surface area contributed by atoms with Crippen LogP contribution < -0.4 is 5.32 Å². The van der Waals surface area contributed by atoms with E-state index in [9.17, 15) is 0 Å².